The van der Waals surface area contributed by atoms with Crippen LogP contribution in [0.4, 0.5) is 65.9 Å². The first-order valence-corrected chi connectivity index (χ1v) is 12.4. The minimum atomic E-state index is -8.67. The number of carboxylic acid groups (broad SMARTS) is 3. The van der Waals surface area contributed by atoms with Crippen molar-refractivity contribution >= 4 is 41.5 Å². The van der Waals surface area contributed by atoms with Gasteiger partial charge in [-0.25, -0.2) is 4.79 Å². The van der Waals surface area contributed by atoms with Crippen molar-refractivity contribution in [2.75, 3.05) is 12.3 Å². The third kappa shape index (κ3) is 9.04. The minimum Gasteiger partial charge on any atom is -0.480 e. The first-order valence-electron chi connectivity index (χ1n) is 11.4. The molecule has 47 heavy (non-hydrogen) atoms. The smallest absolute Gasteiger partial charge is 0.460 e. The molecule has 0 aliphatic rings. The van der Waals surface area contributed by atoms with E-state index in [4.69, 9.17) is 21.1 Å². The SMILES string of the molecule is NC(CCC(=O)NC(CS/C(=C\C(=O)O)C(F)(F)C(F)(F)C(F)(F)C(F)(F)C(F)(F)C(F)(F)C(F)(F)F)C(=O)NCC(=O)O)C(=O)O. The quantitative estimate of drug-likeness (QED) is 0.0897. The van der Waals surface area contributed by atoms with Crippen LogP contribution in [0.1, 0.15) is 12.8 Å². The largest absolute Gasteiger partial charge is 0.480 e. The second-order valence-electron chi connectivity index (χ2n) is 8.82. The fourth-order valence-corrected chi connectivity index (χ4v) is 3.85. The summed E-state index contributed by atoms with van der Waals surface area (Å²) in [6.07, 6.45) is -10.7. The number of thioether (sulfide) groups is 1. The number of carboxylic acids is 3. The van der Waals surface area contributed by atoms with Gasteiger partial charge in [-0.1, -0.05) is 0 Å². The number of amides is 2. The fourth-order valence-electron chi connectivity index (χ4n) is 2.78. The first kappa shape index (κ1) is 43.4. The number of hydrogen-bond acceptors (Lipinski definition) is 7. The maximum Gasteiger partial charge on any atom is 0.460 e. The number of alkyl halides is 15. The van der Waals surface area contributed by atoms with Gasteiger partial charge < -0.3 is 31.7 Å². The van der Waals surface area contributed by atoms with Gasteiger partial charge in [0.1, 0.15) is 18.6 Å². The van der Waals surface area contributed by atoms with Gasteiger partial charge in [0.25, 0.3) is 0 Å². The average molecular weight is 745 g/mol. The summed E-state index contributed by atoms with van der Waals surface area (Å²) in [5.41, 5.74) is 5.10. The van der Waals surface area contributed by atoms with Crippen LogP contribution in [-0.2, 0) is 24.0 Å². The number of nitrogens with two attached hydrogens (primary N) is 1. The molecule has 2 atom stereocenters. The highest BCUT2D eigenvalue weighted by Crippen LogP contribution is 2.63. The second kappa shape index (κ2) is 14.6. The molecule has 0 saturated carbocycles. The van der Waals surface area contributed by atoms with Gasteiger partial charge in [0.05, 0.1) is 4.91 Å². The van der Waals surface area contributed by atoms with Crippen molar-refractivity contribution in [3.05, 3.63) is 11.0 Å². The van der Waals surface area contributed by atoms with E-state index >= 15 is 0 Å². The summed E-state index contributed by atoms with van der Waals surface area (Å²) >= 11 is -1.22. The van der Waals surface area contributed by atoms with E-state index < -0.39 is 131 Å². The van der Waals surface area contributed by atoms with Crippen molar-refractivity contribution in [3.63, 3.8) is 0 Å². The second-order valence-corrected chi connectivity index (χ2v) is 9.88. The Hall–Kier alpha value is -3.65. The molecule has 0 heterocycles. The summed E-state index contributed by atoms with van der Waals surface area (Å²) < 4.78 is 204. The van der Waals surface area contributed by atoms with Crippen LogP contribution in [0.2, 0.25) is 0 Å². The molecule has 2 unspecified atom stereocenters. The van der Waals surface area contributed by atoms with Gasteiger partial charge in [-0.05, 0) is 6.42 Å². The molecule has 11 nitrogen and oxygen atoms in total. The Balaban J connectivity index is 6.76. The summed E-state index contributed by atoms with van der Waals surface area (Å²) in [6.45, 7) is -1.34. The maximum atomic E-state index is 14.7. The molecular formula is C20H18F15N3O8S. The van der Waals surface area contributed by atoms with Gasteiger partial charge in [0.15, 0.2) is 0 Å². The van der Waals surface area contributed by atoms with E-state index in [1.165, 1.54) is 5.32 Å². The Morgan fingerprint density at radius 1 is 0.723 bits per heavy atom. The van der Waals surface area contributed by atoms with Crippen LogP contribution in [0.25, 0.3) is 0 Å². The van der Waals surface area contributed by atoms with Gasteiger partial charge in [-0.15, -0.1) is 11.8 Å². The Morgan fingerprint density at radius 2 is 1.17 bits per heavy atom. The Bertz CT molecular complexity index is 1240. The Morgan fingerprint density at radius 3 is 1.57 bits per heavy atom. The zero-order valence-electron chi connectivity index (χ0n) is 22.1. The monoisotopic (exact) mass is 745 g/mol. The Kier molecular flexibility index (Phi) is 13.5. The van der Waals surface area contributed by atoms with Crippen molar-refractivity contribution in [3.8, 4) is 0 Å². The molecular weight excluding hydrogens is 727 g/mol. The lowest BCUT2D eigenvalue weighted by Crippen LogP contribution is -2.72. The molecule has 0 spiro atoms. The van der Waals surface area contributed by atoms with E-state index in [0.29, 0.717) is 0 Å². The molecule has 0 radical (unpaired) electrons. The lowest BCUT2D eigenvalue weighted by atomic mass is 9.91. The molecule has 7 N–H and O–H groups in total. The van der Waals surface area contributed by atoms with Crippen molar-refractivity contribution in [1.29, 1.82) is 0 Å². The standard InChI is InChI=1S/C20H18F15N3O8S/c21-14(22,15(23,24)16(25,26)17(27,28)18(29,30)19(31,32)20(33,34)35)8(3-10(40)41)47-5-7(12(44)37-4-11(42)43)38-9(39)2-1-6(36)13(45)46/h3,6-7H,1-2,4-5,36H2,(H,37,44)(H,38,39)(H,40,41)(H,42,43)(H,45,46)/b8-3-. The molecule has 0 aromatic heterocycles. The highest BCUT2D eigenvalue weighted by molar-refractivity contribution is 8.03. The van der Waals surface area contributed by atoms with Crippen molar-refractivity contribution in [2.24, 2.45) is 5.73 Å². The molecule has 0 aliphatic carbocycles. The number of allylic oxidation sites excluding steroid dienone is 1. The zero-order valence-corrected chi connectivity index (χ0v) is 22.9. The van der Waals surface area contributed by atoms with Crippen LogP contribution < -0.4 is 16.4 Å². The van der Waals surface area contributed by atoms with E-state index in [0.717, 1.165) is 0 Å². The van der Waals surface area contributed by atoms with Crippen LogP contribution in [-0.4, -0.2) is 111 Å². The summed E-state index contributed by atoms with van der Waals surface area (Å²) in [6, 6.07) is -4.24. The van der Waals surface area contributed by atoms with Gasteiger partial charge >= 0.3 is 59.6 Å². The highest BCUT2D eigenvalue weighted by atomic mass is 32.2. The molecule has 27 heteroatoms. The number of carbonyl (C=O) groups excluding carboxylic acids is 2. The molecule has 0 fully saturated rings. The minimum absolute atomic E-state index is 0.729. The van der Waals surface area contributed by atoms with Crippen LogP contribution in [0.3, 0.4) is 0 Å². The number of hydrogen-bond donors (Lipinski definition) is 6. The number of rotatable bonds is 18. The Labute approximate surface area is 253 Å². The van der Waals surface area contributed by atoms with Gasteiger partial charge in [-0.2, -0.15) is 65.9 Å². The van der Waals surface area contributed by atoms with E-state index in [2.05, 4.69) is 0 Å². The molecule has 0 saturated heterocycles. The lowest BCUT2D eigenvalue weighted by molar-refractivity contribution is -0.449. The molecule has 0 aromatic carbocycles. The molecule has 0 aromatic rings. The van der Waals surface area contributed by atoms with E-state index in [9.17, 15) is 89.8 Å². The molecule has 0 rings (SSSR count). The third-order valence-corrected chi connectivity index (χ3v) is 6.55. The van der Waals surface area contributed by atoms with Gasteiger partial charge in [-0.3, -0.25) is 19.2 Å². The number of aliphatic carboxylic acids is 3. The third-order valence-electron chi connectivity index (χ3n) is 5.36. The molecule has 272 valence electrons. The predicted molar refractivity (Wildman–Crippen MR) is 121 cm³/mol. The average Bonchev–Trinajstić information content (AvgIpc) is 2.89. The molecule has 0 aliphatic heterocycles. The molecule has 0 bridgehead atoms. The highest BCUT2D eigenvalue weighted by Gasteiger charge is 2.93. The maximum absolute atomic E-state index is 14.7. The van der Waals surface area contributed by atoms with Crippen LogP contribution >= 0.6 is 11.8 Å². The fraction of sp³-hybridized carbons (Fsp3) is 0.650. The van der Waals surface area contributed by atoms with Crippen molar-refractivity contribution in [2.45, 2.75) is 66.6 Å². The van der Waals surface area contributed by atoms with E-state index in [1.807, 2.05) is 0 Å². The number of carbonyl (C=O) groups is 5. The summed E-state index contributed by atoms with van der Waals surface area (Å²) in [7, 11) is 0. The zero-order chi connectivity index (χ0) is 37.8. The van der Waals surface area contributed by atoms with Crippen LogP contribution in [0, 0.1) is 0 Å². The topological polar surface area (TPSA) is 196 Å². The summed E-state index contributed by atoms with van der Waals surface area (Å²) in [4.78, 5) is 53.5. The van der Waals surface area contributed by atoms with E-state index in [1.54, 1.807) is 5.32 Å². The normalized spacial score (nSPS) is 15.4. The first-order chi connectivity index (χ1) is 20.7. The van der Waals surface area contributed by atoms with Crippen LogP contribution in [0.15, 0.2) is 11.0 Å². The molecule has 2 amide bonds. The van der Waals surface area contributed by atoms with Gasteiger partial charge in [0.2, 0.25) is 11.8 Å². The van der Waals surface area contributed by atoms with E-state index in [-0.39, 0.29) is 0 Å². The summed E-state index contributed by atoms with van der Waals surface area (Å²) in [5, 5.41) is 29.0. The number of nitrogens with one attached hydrogen (secondary N) is 2. The van der Waals surface area contributed by atoms with Gasteiger partial charge in [0, 0.05) is 18.2 Å². The summed E-state index contributed by atoms with van der Waals surface area (Å²) in [5.74, 6) is -60.7. The van der Waals surface area contributed by atoms with Crippen molar-refractivity contribution in [1.82, 2.24) is 10.6 Å². The predicted octanol–water partition coefficient (Wildman–Crippen LogP) is 2.94. The number of halogens is 15. The van der Waals surface area contributed by atoms with Crippen LogP contribution in [0.5, 0.6) is 0 Å². The van der Waals surface area contributed by atoms with Crippen molar-refractivity contribution < 1.29 is 105 Å². The lowest BCUT2D eigenvalue weighted by Gasteiger charge is -2.41.